The molecular weight excluding hydrogens is 192 g/mol. The lowest BCUT2D eigenvalue weighted by molar-refractivity contribution is 0.228. The second kappa shape index (κ2) is 4.04. The number of alkyl halides is 1. The van der Waals surface area contributed by atoms with Gasteiger partial charge in [0.1, 0.15) is 0 Å². The Morgan fingerprint density at radius 2 is 2.07 bits per heavy atom. The number of hydrogen-bond acceptors (Lipinski definition) is 0. The van der Waals surface area contributed by atoms with Crippen molar-refractivity contribution < 1.29 is 0 Å². The van der Waals surface area contributed by atoms with Crippen LogP contribution in [0.5, 0.6) is 0 Å². The molecule has 82 valence electrons. The van der Waals surface area contributed by atoms with E-state index >= 15 is 0 Å². The van der Waals surface area contributed by atoms with E-state index in [-0.39, 0.29) is 0 Å². The number of hydrogen-bond donors (Lipinski definition) is 0. The third-order valence-corrected chi connectivity index (χ3v) is 4.94. The molecule has 3 unspecified atom stereocenters. The van der Waals surface area contributed by atoms with Crippen molar-refractivity contribution in [1.29, 1.82) is 0 Å². The average molecular weight is 215 g/mol. The Labute approximate surface area is 93.4 Å². The van der Waals surface area contributed by atoms with Crippen LogP contribution in [0.15, 0.2) is 0 Å². The summed E-state index contributed by atoms with van der Waals surface area (Å²) >= 11 is 6.29. The van der Waals surface area contributed by atoms with Gasteiger partial charge in [0, 0.05) is 5.38 Å². The van der Waals surface area contributed by atoms with E-state index in [1.807, 2.05) is 0 Å². The van der Waals surface area contributed by atoms with Gasteiger partial charge in [-0.3, -0.25) is 0 Å². The summed E-state index contributed by atoms with van der Waals surface area (Å²) in [5.74, 6) is 1.96. The van der Waals surface area contributed by atoms with E-state index in [0.29, 0.717) is 10.8 Å². The van der Waals surface area contributed by atoms with Gasteiger partial charge in [-0.1, -0.05) is 26.2 Å². The molecule has 0 aromatic rings. The first-order valence-electron chi connectivity index (χ1n) is 6.26. The average Bonchev–Trinajstić information content (AvgIpc) is 2.85. The summed E-state index contributed by atoms with van der Waals surface area (Å²) in [6.07, 6.45) is 10.0. The van der Waals surface area contributed by atoms with Crippen molar-refractivity contribution in [3.05, 3.63) is 0 Å². The third kappa shape index (κ3) is 2.27. The number of rotatable bonds is 3. The van der Waals surface area contributed by atoms with E-state index in [1.165, 1.54) is 44.9 Å². The molecule has 0 N–H and O–H groups in total. The van der Waals surface area contributed by atoms with Crippen LogP contribution in [0.25, 0.3) is 0 Å². The van der Waals surface area contributed by atoms with Crippen LogP contribution >= 0.6 is 11.6 Å². The quantitative estimate of drug-likeness (QED) is 0.602. The zero-order chi connectivity index (χ0) is 10.2. The van der Waals surface area contributed by atoms with E-state index in [4.69, 9.17) is 11.6 Å². The van der Waals surface area contributed by atoms with E-state index in [1.54, 1.807) is 0 Å². The van der Waals surface area contributed by atoms with Crippen molar-refractivity contribution in [2.24, 2.45) is 17.3 Å². The van der Waals surface area contributed by atoms with Crippen LogP contribution in [-0.2, 0) is 0 Å². The minimum absolute atomic E-state index is 0.403. The predicted molar refractivity (Wildman–Crippen MR) is 62.7 cm³/mol. The molecule has 2 rings (SSSR count). The molecule has 0 bridgehead atoms. The fourth-order valence-corrected chi connectivity index (χ4v) is 3.55. The summed E-state index contributed by atoms with van der Waals surface area (Å²) in [6.45, 7) is 4.61. The highest BCUT2D eigenvalue weighted by molar-refractivity contribution is 6.21. The van der Waals surface area contributed by atoms with Crippen LogP contribution in [-0.4, -0.2) is 5.38 Å². The van der Waals surface area contributed by atoms with E-state index in [9.17, 15) is 0 Å². The van der Waals surface area contributed by atoms with Gasteiger partial charge in [-0.05, 0) is 49.9 Å². The summed E-state index contributed by atoms with van der Waals surface area (Å²) in [6, 6.07) is 0. The molecule has 2 aliphatic rings. The van der Waals surface area contributed by atoms with Gasteiger partial charge in [0.05, 0.1) is 0 Å². The predicted octanol–water partition coefficient (Wildman–Crippen LogP) is 4.61. The third-order valence-electron chi connectivity index (χ3n) is 4.48. The fourth-order valence-electron chi connectivity index (χ4n) is 3.24. The zero-order valence-corrected chi connectivity index (χ0v) is 10.3. The lowest BCUT2D eigenvalue weighted by Crippen LogP contribution is -2.21. The minimum Gasteiger partial charge on any atom is -0.123 e. The molecule has 0 nitrogen and oxygen atoms in total. The molecule has 14 heavy (non-hydrogen) atoms. The first-order valence-corrected chi connectivity index (χ1v) is 6.70. The van der Waals surface area contributed by atoms with Gasteiger partial charge >= 0.3 is 0 Å². The molecule has 0 spiro atoms. The van der Waals surface area contributed by atoms with Gasteiger partial charge in [-0.15, -0.1) is 11.6 Å². The highest BCUT2D eigenvalue weighted by Crippen LogP contribution is 2.56. The fraction of sp³-hybridized carbons (Fsp3) is 1.00. The molecule has 1 heteroatoms. The summed E-state index contributed by atoms with van der Waals surface area (Å²) in [4.78, 5) is 0. The van der Waals surface area contributed by atoms with Crippen molar-refractivity contribution in [3.63, 3.8) is 0 Å². The molecule has 0 aromatic carbocycles. The van der Waals surface area contributed by atoms with Crippen LogP contribution in [0.1, 0.15) is 58.8 Å². The highest BCUT2D eigenvalue weighted by atomic mass is 35.5. The monoisotopic (exact) mass is 214 g/mol. The zero-order valence-electron chi connectivity index (χ0n) is 9.56. The molecule has 0 radical (unpaired) electrons. The second-order valence-corrected chi connectivity index (χ2v) is 6.47. The first kappa shape index (κ1) is 10.8. The lowest BCUT2D eigenvalue weighted by atomic mass is 9.76. The van der Waals surface area contributed by atoms with Crippen molar-refractivity contribution in [2.75, 3.05) is 0 Å². The molecule has 2 saturated carbocycles. The topological polar surface area (TPSA) is 0 Å². The van der Waals surface area contributed by atoms with Gasteiger partial charge < -0.3 is 0 Å². The van der Waals surface area contributed by atoms with E-state index < -0.39 is 0 Å². The van der Waals surface area contributed by atoms with Crippen LogP contribution in [0, 0.1) is 17.3 Å². The Kier molecular flexibility index (Phi) is 3.12. The molecule has 0 heterocycles. The van der Waals surface area contributed by atoms with Crippen molar-refractivity contribution in [1.82, 2.24) is 0 Å². The smallest absolute Gasteiger partial charge is 0.0364 e. The Bertz CT molecular complexity index is 193. The summed E-state index contributed by atoms with van der Waals surface area (Å²) in [5, 5.41) is 0.403. The van der Waals surface area contributed by atoms with Crippen molar-refractivity contribution in [3.8, 4) is 0 Å². The summed E-state index contributed by atoms with van der Waals surface area (Å²) < 4.78 is 0. The van der Waals surface area contributed by atoms with Gasteiger partial charge in [0.15, 0.2) is 0 Å². The van der Waals surface area contributed by atoms with Crippen LogP contribution in [0.3, 0.4) is 0 Å². The second-order valence-electron chi connectivity index (χ2n) is 5.82. The molecule has 0 saturated heterocycles. The van der Waals surface area contributed by atoms with Gasteiger partial charge in [-0.2, -0.15) is 0 Å². The lowest BCUT2D eigenvalue weighted by Gasteiger charge is -2.31. The van der Waals surface area contributed by atoms with Crippen LogP contribution in [0.2, 0.25) is 0 Å². The molecule has 0 amide bonds. The molecular formula is C13H23Cl. The Morgan fingerprint density at radius 3 is 2.57 bits per heavy atom. The maximum Gasteiger partial charge on any atom is 0.0364 e. The Balaban J connectivity index is 1.85. The summed E-state index contributed by atoms with van der Waals surface area (Å²) in [7, 11) is 0. The van der Waals surface area contributed by atoms with Crippen LogP contribution < -0.4 is 0 Å². The van der Waals surface area contributed by atoms with E-state index in [2.05, 4.69) is 13.8 Å². The molecule has 3 atom stereocenters. The van der Waals surface area contributed by atoms with Gasteiger partial charge in [0.2, 0.25) is 0 Å². The Morgan fingerprint density at radius 1 is 1.36 bits per heavy atom. The molecule has 2 fully saturated rings. The number of halogens is 1. The first-order chi connectivity index (χ1) is 6.62. The maximum atomic E-state index is 6.29. The SMILES string of the molecule is CC1CCCC(CC2(C(C)Cl)CC2)C1. The minimum atomic E-state index is 0.403. The standard InChI is InChI=1S/C13H23Cl/c1-10-4-3-5-12(8-10)9-13(6-7-13)11(2)14/h10-12H,3-9H2,1-2H3. The van der Waals surface area contributed by atoms with Gasteiger partial charge in [0.25, 0.3) is 0 Å². The Hall–Kier alpha value is 0.290. The normalized spacial score (nSPS) is 37.9. The largest absolute Gasteiger partial charge is 0.123 e. The molecule has 0 aliphatic heterocycles. The maximum absolute atomic E-state index is 6.29. The van der Waals surface area contributed by atoms with Crippen LogP contribution in [0.4, 0.5) is 0 Å². The van der Waals surface area contributed by atoms with Gasteiger partial charge in [-0.25, -0.2) is 0 Å². The van der Waals surface area contributed by atoms with Crippen molar-refractivity contribution in [2.45, 2.75) is 64.2 Å². The van der Waals surface area contributed by atoms with Crippen molar-refractivity contribution >= 4 is 11.6 Å². The summed E-state index contributed by atoms with van der Waals surface area (Å²) in [5.41, 5.74) is 0.559. The molecule has 0 aromatic heterocycles. The van der Waals surface area contributed by atoms with E-state index in [0.717, 1.165) is 11.8 Å². The highest BCUT2D eigenvalue weighted by Gasteiger charge is 2.47. The molecule has 2 aliphatic carbocycles.